The molecule has 3 heteroatoms. The molecule has 0 spiro atoms. The van der Waals surface area contributed by atoms with Crippen molar-refractivity contribution in [2.24, 2.45) is 10.7 Å². The number of nitrogens with zero attached hydrogens (tertiary/aromatic N) is 2. The second-order valence-corrected chi connectivity index (χ2v) is 2.73. The fraction of sp³-hybridized carbons (Fsp3) is 0.375. The molecular formula is C8H11N3. The highest BCUT2D eigenvalue weighted by molar-refractivity contribution is 5.99. The van der Waals surface area contributed by atoms with E-state index in [2.05, 4.69) is 9.89 Å². The Morgan fingerprint density at radius 3 is 3.27 bits per heavy atom. The zero-order valence-electron chi connectivity index (χ0n) is 6.33. The summed E-state index contributed by atoms with van der Waals surface area (Å²) < 4.78 is 0. The molecule has 0 saturated carbocycles. The Kier molecular flexibility index (Phi) is 1.42. The molecule has 0 radical (unpaired) electrons. The summed E-state index contributed by atoms with van der Waals surface area (Å²) in [7, 11) is 0. The van der Waals surface area contributed by atoms with E-state index < -0.39 is 0 Å². The Morgan fingerprint density at radius 1 is 1.55 bits per heavy atom. The van der Waals surface area contributed by atoms with Gasteiger partial charge in [0.1, 0.15) is 0 Å². The van der Waals surface area contributed by atoms with Crippen molar-refractivity contribution < 1.29 is 0 Å². The van der Waals surface area contributed by atoms with E-state index >= 15 is 0 Å². The second-order valence-electron chi connectivity index (χ2n) is 2.73. The van der Waals surface area contributed by atoms with Gasteiger partial charge in [-0.2, -0.15) is 0 Å². The Labute approximate surface area is 65.9 Å². The van der Waals surface area contributed by atoms with Crippen LogP contribution < -0.4 is 5.73 Å². The molecule has 3 nitrogen and oxygen atoms in total. The van der Waals surface area contributed by atoms with Crippen molar-refractivity contribution in [1.29, 1.82) is 0 Å². The van der Waals surface area contributed by atoms with Crippen molar-refractivity contribution in [1.82, 2.24) is 4.90 Å². The number of hydrogen-bond donors (Lipinski definition) is 1. The molecule has 58 valence electrons. The molecule has 0 atom stereocenters. The van der Waals surface area contributed by atoms with Crippen LogP contribution >= 0.6 is 0 Å². The van der Waals surface area contributed by atoms with Crippen LogP contribution in [0.15, 0.2) is 29.0 Å². The van der Waals surface area contributed by atoms with Crippen LogP contribution in [-0.4, -0.2) is 23.8 Å². The zero-order chi connectivity index (χ0) is 7.68. The van der Waals surface area contributed by atoms with E-state index in [1.807, 2.05) is 18.4 Å². The summed E-state index contributed by atoms with van der Waals surface area (Å²) >= 11 is 0. The Balaban J connectivity index is 2.33. The minimum atomic E-state index is 0.820. The molecule has 0 aromatic rings. The molecule has 0 amide bonds. The Bertz CT molecular complexity index is 250. The quantitative estimate of drug-likeness (QED) is 0.543. The molecule has 0 aromatic carbocycles. The van der Waals surface area contributed by atoms with E-state index in [-0.39, 0.29) is 0 Å². The first-order valence-electron chi connectivity index (χ1n) is 3.82. The van der Waals surface area contributed by atoms with Crippen molar-refractivity contribution in [3.63, 3.8) is 0 Å². The molecule has 2 aliphatic rings. The summed E-state index contributed by atoms with van der Waals surface area (Å²) in [6.07, 6.45) is 6.94. The minimum Gasteiger partial charge on any atom is -0.396 e. The SMILES string of the molecule is NC1=CCCN2CC=CN=C12. The Morgan fingerprint density at radius 2 is 2.45 bits per heavy atom. The van der Waals surface area contributed by atoms with E-state index in [4.69, 9.17) is 5.73 Å². The molecule has 0 saturated heterocycles. The van der Waals surface area contributed by atoms with Gasteiger partial charge < -0.3 is 10.6 Å². The van der Waals surface area contributed by atoms with Gasteiger partial charge in [-0.3, -0.25) is 0 Å². The number of rotatable bonds is 0. The highest BCUT2D eigenvalue weighted by Gasteiger charge is 2.17. The van der Waals surface area contributed by atoms with E-state index in [1.54, 1.807) is 0 Å². The summed E-state index contributed by atoms with van der Waals surface area (Å²) in [4.78, 5) is 6.39. The number of fused-ring (bicyclic) bond motifs is 1. The van der Waals surface area contributed by atoms with Crippen LogP contribution in [0.3, 0.4) is 0 Å². The number of hydrogen-bond acceptors (Lipinski definition) is 3. The van der Waals surface area contributed by atoms with Gasteiger partial charge in [0.25, 0.3) is 0 Å². The first kappa shape index (κ1) is 6.46. The van der Waals surface area contributed by atoms with Gasteiger partial charge in [0.05, 0.1) is 5.70 Å². The molecule has 2 aliphatic heterocycles. The van der Waals surface area contributed by atoms with Crippen LogP contribution in [0.2, 0.25) is 0 Å². The first-order valence-corrected chi connectivity index (χ1v) is 3.82. The third-order valence-corrected chi connectivity index (χ3v) is 1.95. The molecule has 11 heavy (non-hydrogen) atoms. The van der Waals surface area contributed by atoms with Crippen molar-refractivity contribution in [3.05, 3.63) is 24.0 Å². The molecule has 2 N–H and O–H groups in total. The molecule has 0 bridgehead atoms. The minimum absolute atomic E-state index is 0.820. The largest absolute Gasteiger partial charge is 0.396 e. The molecule has 2 heterocycles. The lowest BCUT2D eigenvalue weighted by atomic mass is 10.2. The number of aliphatic imine (C=N–C) groups is 1. The van der Waals surface area contributed by atoms with Crippen LogP contribution in [0.25, 0.3) is 0 Å². The monoisotopic (exact) mass is 149 g/mol. The van der Waals surface area contributed by atoms with Crippen LogP contribution in [0, 0.1) is 0 Å². The zero-order valence-corrected chi connectivity index (χ0v) is 6.33. The van der Waals surface area contributed by atoms with E-state index in [0.29, 0.717) is 0 Å². The number of amidine groups is 1. The van der Waals surface area contributed by atoms with Gasteiger partial charge in [-0.25, -0.2) is 4.99 Å². The first-order chi connectivity index (χ1) is 5.38. The smallest absolute Gasteiger partial charge is 0.151 e. The highest BCUT2D eigenvalue weighted by atomic mass is 15.2. The van der Waals surface area contributed by atoms with Crippen molar-refractivity contribution in [2.45, 2.75) is 6.42 Å². The molecular weight excluding hydrogens is 138 g/mol. The third-order valence-electron chi connectivity index (χ3n) is 1.95. The molecule has 0 aliphatic carbocycles. The summed E-state index contributed by atoms with van der Waals surface area (Å²) in [6, 6.07) is 0. The number of nitrogens with two attached hydrogens (primary N) is 1. The molecule has 0 fully saturated rings. The maximum Gasteiger partial charge on any atom is 0.151 e. The predicted octanol–water partition coefficient (Wildman–Crippen LogP) is 0.460. The summed E-state index contributed by atoms with van der Waals surface area (Å²) in [5.74, 6) is 0.943. The molecule has 0 aromatic heterocycles. The second kappa shape index (κ2) is 2.42. The third kappa shape index (κ3) is 1.02. The lowest BCUT2D eigenvalue weighted by Crippen LogP contribution is -2.39. The lowest BCUT2D eigenvalue weighted by molar-refractivity contribution is 0.454. The van der Waals surface area contributed by atoms with E-state index in [9.17, 15) is 0 Å². The van der Waals surface area contributed by atoms with Crippen LogP contribution in [0.4, 0.5) is 0 Å². The van der Waals surface area contributed by atoms with Gasteiger partial charge in [0.2, 0.25) is 0 Å². The fourth-order valence-electron chi connectivity index (χ4n) is 1.39. The van der Waals surface area contributed by atoms with Gasteiger partial charge in [0, 0.05) is 19.3 Å². The Hall–Kier alpha value is -1.25. The van der Waals surface area contributed by atoms with Gasteiger partial charge in [0.15, 0.2) is 5.84 Å². The maximum atomic E-state index is 5.74. The van der Waals surface area contributed by atoms with Crippen LogP contribution in [0.1, 0.15) is 6.42 Å². The average Bonchev–Trinajstić information content (AvgIpc) is 2.06. The van der Waals surface area contributed by atoms with Crippen molar-refractivity contribution in [2.75, 3.05) is 13.1 Å². The van der Waals surface area contributed by atoms with Gasteiger partial charge in [-0.05, 0) is 12.5 Å². The van der Waals surface area contributed by atoms with Crippen LogP contribution in [0.5, 0.6) is 0 Å². The summed E-state index contributed by atoms with van der Waals surface area (Å²) in [5.41, 5.74) is 6.56. The van der Waals surface area contributed by atoms with Crippen LogP contribution in [-0.2, 0) is 0 Å². The summed E-state index contributed by atoms with van der Waals surface area (Å²) in [6.45, 7) is 2.00. The summed E-state index contributed by atoms with van der Waals surface area (Å²) in [5, 5.41) is 0. The average molecular weight is 149 g/mol. The normalized spacial score (nSPS) is 22.4. The van der Waals surface area contributed by atoms with E-state index in [0.717, 1.165) is 31.0 Å². The van der Waals surface area contributed by atoms with Crippen molar-refractivity contribution >= 4 is 5.84 Å². The van der Waals surface area contributed by atoms with Gasteiger partial charge >= 0.3 is 0 Å². The van der Waals surface area contributed by atoms with Gasteiger partial charge in [-0.15, -0.1) is 0 Å². The van der Waals surface area contributed by atoms with Gasteiger partial charge in [-0.1, -0.05) is 6.08 Å². The van der Waals surface area contributed by atoms with Crippen molar-refractivity contribution in [3.8, 4) is 0 Å². The highest BCUT2D eigenvalue weighted by Crippen LogP contribution is 2.11. The standard InChI is InChI=1S/C8H11N3/c9-7-3-1-5-11-6-2-4-10-8(7)11/h2-4H,1,5-6,9H2. The topological polar surface area (TPSA) is 41.6 Å². The maximum absolute atomic E-state index is 5.74. The molecule has 0 unspecified atom stereocenters. The molecule has 2 rings (SSSR count). The van der Waals surface area contributed by atoms with E-state index in [1.165, 1.54) is 0 Å². The fourth-order valence-corrected chi connectivity index (χ4v) is 1.39. The lowest BCUT2D eigenvalue weighted by Gasteiger charge is -2.29. The predicted molar refractivity (Wildman–Crippen MR) is 45.0 cm³/mol.